The van der Waals surface area contributed by atoms with Gasteiger partial charge in [0.25, 0.3) is 0 Å². The molecule has 0 aromatic carbocycles. The first-order valence-electron chi connectivity index (χ1n) is 6.25. The lowest BCUT2D eigenvalue weighted by Gasteiger charge is -2.26. The molecular weight excluding hydrogens is 216 g/mol. The average molecular weight is 238 g/mol. The monoisotopic (exact) mass is 238 g/mol. The van der Waals surface area contributed by atoms with Crippen molar-refractivity contribution in [2.75, 3.05) is 6.54 Å². The Hall–Kier alpha value is -0.380. The molecule has 1 aliphatic rings. The van der Waals surface area contributed by atoms with E-state index in [1.54, 1.807) is 0 Å². The molecule has 2 rings (SSSR count). The fourth-order valence-corrected chi connectivity index (χ4v) is 3.37. The Bertz CT molecular complexity index is 321. The summed E-state index contributed by atoms with van der Waals surface area (Å²) < 4.78 is 0. The largest absolute Gasteiger partial charge is 0.328 e. The zero-order valence-electron chi connectivity index (χ0n) is 10.0. The van der Waals surface area contributed by atoms with Crippen molar-refractivity contribution in [3.63, 3.8) is 0 Å². The summed E-state index contributed by atoms with van der Waals surface area (Å²) in [5, 5.41) is 5.74. The topological polar surface area (TPSA) is 38.0 Å². The summed E-state index contributed by atoms with van der Waals surface area (Å²) in [4.78, 5) is 1.47. The maximum absolute atomic E-state index is 5.99. The molecule has 1 saturated carbocycles. The van der Waals surface area contributed by atoms with Crippen LogP contribution < -0.4 is 11.1 Å². The minimum atomic E-state index is 0.448. The molecule has 2 unspecified atom stereocenters. The number of nitrogens with two attached hydrogens (primary N) is 1. The van der Waals surface area contributed by atoms with Gasteiger partial charge in [0.2, 0.25) is 0 Å². The molecule has 90 valence electrons. The third-order valence-corrected chi connectivity index (χ3v) is 4.53. The number of rotatable bonds is 4. The Morgan fingerprint density at radius 3 is 3.06 bits per heavy atom. The first-order valence-corrected chi connectivity index (χ1v) is 7.13. The van der Waals surface area contributed by atoms with Crippen LogP contribution in [0.3, 0.4) is 0 Å². The van der Waals surface area contributed by atoms with E-state index in [0.29, 0.717) is 6.04 Å². The summed E-state index contributed by atoms with van der Waals surface area (Å²) in [6.07, 6.45) is 5.09. The maximum atomic E-state index is 5.99. The maximum Gasteiger partial charge on any atom is 0.0302 e. The van der Waals surface area contributed by atoms with Gasteiger partial charge in [-0.3, -0.25) is 0 Å². The predicted octanol–water partition coefficient (Wildman–Crippen LogP) is 2.66. The van der Waals surface area contributed by atoms with E-state index in [-0.39, 0.29) is 0 Å². The van der Waals surface area contributed by atoms with Gasteiger partial charge >= 0.3 is 0 Å². The molecule has 3 heteroatoms. The van der Waals surface area contributed by atoms with E-state index in [4.69, 9.17) is 5.73 Å². The fraction of sp³-hybridized carbons (Fsp3) is 0.692. The van der Waals surface area contributed by atoms with Crippen LogP contribution in [-0.4, -0.2) is 12.6 Å². The molecule has 1 heterocycles. The van der Waals surface area contributed by atoms with E-state index in [9.17, 15) is 0 Å². The van der Waals surface area contributed by atoms with Crippen molar-refractivity contribution in [2.24, 2.45) is 11.7 Å². The molecule has 2 nitrogen and oxygen atoms in total. The van der Waals surface area contributed by atoms with Gasteiger partial charge < -0.3 is 11.1 Å². The van der Waals surface area contributed by atoms with E-state index in [1.807, 2.05) is 11.3 Å². The minimum Gasteiger partial charge on any atom is -0.328 e. The van der Waals surface area contributed by atoms with Gasteiger partial charge in [0.15, 0.2) is 0 Å². The highest BCUT2D eigenvalue weighted by Gasteiger charge is 2.18. The van der Waals surface area contributed by atoms with Crippen LogP contribution in [0.4, 0.5) is 0 Å². The zero-order valence-corrected chi connectivity index (χ0v) is 10.9. The molecule has 1 aromatic heterocycles. The van der Waals surface area contributed by atoms with Crippen LogP contribution in [0.25, 0.3) is 0 Å². The normalized spacial score (nSPS) is 25.9. The molecule has 0 amide bonds. The first kappa shape index (κ1) is 12.1. The van der Waals surface area contributed by atoms with E-state index in [0.717, 1.165) is 19.0 Å². The summed E-state index contributed by atoms with van der Waals surface area (Å²) in [6, 6.07) is 2.64. The molecule has 3 N–H and O–H groups in total. The van der Waals surface area contributed by atoms with Crippen molar-refractivity contribution in [3.05, 3.63) is 21.9 Å². The molecule has 0 bridgehead atoms. The minimum absolute atomic E-state index is 0.448. The number of thiophene rings is 1. The lowest BCUT2D eigenvalue weighted by molar-refractivity contribution is 0.310. The van der Waals surface area contributed by atoms with Gasteiger partial charge in [0, 0.05) is 17.5 Å². The molecule has 0 aliphatic heterocycles. The van der Waals surface area contributed by atoms with Crippen molar-refractivity contribution in [1.29, 1.82) is 0 Å². The third kappa shape index (κ3) is 3.30. The van der Waals surface area contributed by atoms with Crippen molar-refractivity contribution in [1.82, 2.24) is 5.32 Å². The molecule has 2 atom stereocenters. The lowest BCUT2D eigenvalue weighted by atomic mass is 9.86. The fourth-order valence-electron chi connectivity index (χ4n) is 2.49. The molecule has 0 radical (unpaired) electrons. The summed E-state index contributed by atoms with van der Waals surface area (Å²) >= 11 is 1.85. The van der Waals surface area contributed by atoms with Crippen LogP contribution in [-0.2, 0) is 6.54 Å². The quantitative estimate of drug-likeness (QED) is 0.846. The first-order chi connectivity index (χ1) is 7.75. The Morgan fingerprint density at radius 2 is 2.38 bits per heavy atom. The molecular formula is C13H22N2S. The Labute approximate surface area is 102 Å². The second-order valence-electron chi connectivity index (χ2n) is 4.95. The van der Waals surface area contributed by atoms with Gasteiger partial charge in [-0.15, -0.1) is 11.3 Å². The van der Waals surface area contributed by atoms with Crippen LogP contribution in [0.2, 0.25) is 0 Å². The summed E-state index contributed by atoms with van der Waals surface area (Å²) in [5.74, 6) is 0.795. The number of hydrogen-bond acceptors (Lipinski definition) is 3. The third-order valence-electron chi connectivity index (χ3n) is 3.51. The standard InChI is InChI=1S/C13H22N2S/c1-10-5-6-16-13(10)9-15-8-11-3-2-4-12(14)7-11/h5-6,11-12,15H,2-4,7-9,14H2,1H3. The van der Waals surface area contributed by atoms with E-state index >= 15 is 0 Å². The zero-order chi connectivity index (χ0) is 11.4. The van der Waals surface area contributed by atoms with Crippen molar-refractivity contribution in [3.8, 4) is 0 Å². The Balaban J connectivity index is 1.70. The molecule has 0 saturated heterocycles. The molecule has 16 heavy (non-hydrogen) atoms. The highest BCUT2D eigenvalue weighted by Crippen LogP contribution is 2.22. The van der Waals surface area contributed by atoms with Gasteiger partial charge in [-0.25, -0.2) is 0 Å². The second kappa shape index (κ2) is 5.80. The lowest BCUT2D eigenvalue weighted by Crippen LogP contribution is -2.33. The summed E-state index contributed by atoms with van der Waals surface area (Å²) in [5.41, 5.74) is 7.40. The number of hydrogen-bond donors (Lipinski definition) is 2. The highest BCUT2D eigenvalue weighted by molar-refractivity contribution is 7.10. The Kier molecular flexibility index (Phi) is 4.38. The molecule has 1 aliphatic carbocycles. The van der Waals surface area contributed by atoms with Gasteiger partial charge in [-0.1, -0.05) is 6.42 Å². The summed E-state index contributed by atoms with van der Waals surface area (Å²) in [6.45, 7) is 4.34. The molecule has 1 fully saturated rings. The van der Waals surface area contributed by atoms with E-state index in [1.165, 1.54) is 36.1 Å². The van der Waals surface area contributed by atoms with Gasteiger partial charge in [0.1, 0.15) is 0 Å². The van der Waals surface area contributed by atoms with Crippen LogP contribution in [0.1, 0.15) is 36.1 Å². The van der Waals surface area contributed by atoms with Crippen LogP contribution in [0, 0.1) is 12.8 Å². The predicted molar refractivity (Wildman–Crippen MR) is 70.7 cm³/mol. The smallest absolute Gasteiger partial charge is 0.0302 e. The van der Waals surface area contributed by atoms with E-state index in [2.05, 4.69) is 23.7 Å². The van der Waals surface area contributed by atoms with Crippen LogP contribution in [0.15, 0.2) is 11.4 Å². The summed E-state index contributed by atoms with van der Waals surface area (Å²) in [7, 11) is 0. The van der Waals surface area contributed by atoms with Crippen LogP contribution >= 0.6 is 11.3 Å². The van der Waals surface area contributed by atoms with Gasteiger partial charge in [-0.05, 0) is 55.7 Å². The van der Waals surface area contributed by atoms with Crippen LogP contribution in [0.5, 0.6) is 0 Å². The van der Waals surface area contributed by atoms with Crippen molar-refractivity contribution >= 4 is 11.3 Å². The van der Waals surface area contributed by atoms with Gasteiger partial charge in [-0.2, -0.15) is 0 Å². The molecule has 0 spiro atoms. The average Bonchev–Trinajstić information content (AvgIpc) is 2.65. The van der Waals surface area contributed by atoms with Crippen molar-refractivity contribution < 1.29 is 0 Å². The Morgan fingerprint density at radius 1 is 1.50 bits per heavy atom. The molecule has 1 aromatic rings. The SMILES string of the molecule is Cc1ccsc1CNCC1CCCC(N)C1. The van der Waals surface area contributed by atoms with Crippen molar-refractivity contribution in [2.45, 2.75) is 45.2 Å². The number of aryl methyl sites for hydroxylation is 1. The highest BCUT2D eigenvalue weighted by atomic mass is 32.1. The second-order valence-corrected chi connectivity index (χ2v) is 5.95. The van der Waals surface area contributed by atoms with E-state index < -0.39 is 0 Å². The van der Waals surface area contributed by atoms with Gasteiger partial charge in [0.05, 0.1) is 0 Å². The number of nitrogens with one attached hydrogen (secondary N) is 1.